The third kappa shape index (κ3) is 1.61. The molecule has 0 saturated heterocycles. The van der Waals surface area contributed by atoms with Gasteiger partial charge in [-0.25, -0.2) is 4.98 Å². The van der Waals surface area contributed by atoms with Gasteiger partial charge < -0.3 is 11.5 Å². The van der Waals surface area contributed by atoms with Crippen LogP contribution in [0.5, 0.6) is 0 Å². The molecule has 1 aromatic heterocycles. The first kappa shape index (κ1) is 9.12. The second-order valence-electron chi connectivity index (χ2n) is 2.31. The van der Waals surface area contributed by atoms with Crippen LogP contribution < -0.4 is 11.5 Å². The smallest absolute Gasteiger partial charge is 0.223 e. The summed E-state index contributed by atoms with van der Waals surface area (Å²) in [6, 6.07) is 0. The van der Waals surface area contributed by atoms with Gasteiger partial charge >= 0.3 is 0 Å². The summed E-state index contributed by atoms with van der Waals surface area (Å²) in [6.45, 7) is 2.02. The van der Waals surface area contributed by atoms with Crippen LogP contribution in [-0.2, 0) is 6.42 Å². The van der Waals surface area contributed by atoms with Gasteiger partial charge in [-0.05, 0) is 12.7 Å². The van der Waals surface area contributed by atoms with Crippen LogP contribution in [0.3, 0.4) is 0 Å². The minimum Gasteiger partial charge on any atom is -0.383 e. The number of nitrogens with two attached hydrogens (primary N) is 2. The van der Waals surface area contributed by atoms with E-state index in [4.69, 9.17) is 11.5 Å². The van der Waals surface area contributed by atoms with E-state index in [-0.39, 0.29) is 5.95 Å². The van der Waals surface area contributed by atoms with Gasteiger partial charge in [0.05, 0.1) is 0 Å². The average Bonchev–Trinajstić information content (AvgIpc) is 2.03. The second-order valence-corrected chi connectivity index (χ2v) is 3.10. The molecule has 0 aliphatic heterocycles. The lowest BCUT2D eigenvalue weighted by Crippen LogP contribution is -2.05. The molecule has 12 heavy (non-hydrogen) atoms. The molecule has 0 spiro atoms. The predicted octanol–water partition coefficient (Wildman–Crippen LogP) is 0.925. The molecule has 66 valence electrons. The van der Waals surface area contributed by atoms with E-state index in [0.29, 0.717) is 5.82 Å². The Morgan fingerprint density at radius 3 is 2.50 bits per heavy atom. The van der Waals surface area contributed by atoms with Crippen molar-refractivity contribution >= 4 is 23.5 Å². The molecule has 0 unspecified atom stereocenters. The summed E-state index contributed by atoms with van der Waals surface area (Å²) in [4.78, 5) is 7.96. The molecule has 0 atom stereocenters. The molecule has 1 aromatic rings. The van der Waals surface area contributed by atoms with Crippen LogP contribution in [0.2, 0.25) is 0 Å². The summed E-state index contributed by atoms with van der Waals surface area (Å²) in [7, 11) is 0. The molecule has 0 aliphatic rings. The highest BCUT2D eigenvalue weighted by molar-refractivity contribution is 7.98. The normalized spacial score (nSPS) is 10.2. The molecular weight excluding hydrogens is 172 g/mol. The van der Waals surface area contributed by atoms with Crippen molar-refractivity contribution in [2.75, 3.05) is 17.7 Å². The number of anilines is 2. The van der Waals surface area contributed by atoms with E-state index >= 15 is 0 Å². The van der Waals surface area contributed by atoms with Gasteiger partial charge in [-0.3, -0.25) is 0 Å². The van der Waals surface area contributed by atoms with Crippen molar-refractivity contribution in [3.63, 3.8) is 0 Å². The maximum Gasteiger partial charge on any atom is 0.223 e. The predicted molar refractivity (Wildman–Crippen MR) is 52.0 cm³/mol. The zero-order chi connectivity index (χ0) is 9.14. The molecule has 0 aromatic carbocycles. The largest absolute Gasteiger partial charge is 0.383 e. The monoisotopic (exact) mass is 184 g/mol. The summed E-state index contributed by atoms with van der Waals surface area (Å²) in [5.41, 5.74) is 12.1. The molecule has 0 bridgehead atoms. The Bertz CT molecular complexity index is 287. The van der Waals surface area contributed by atoms with Crippen LogP contribution in [0.25, 0.3) is 0 Å². The Balaban J connectivity index is 3.24. The van der Waals surface area contributed by atoms with Gasteiger partial charge in [0.15, 0.2) is 0 Å². The molecule has 0 aliphatic carbocycles. The third-order valence-corrected chi connectivity index (χ3v) is 2.29. The van der Waals surface area contributed by atoms with Crippen molar-refractivity contribution in [2.24, 2.45) is 0 Å². The fraction of sp³-hybridized carbons (Fsp3) is 0.429. The Hall–Kier alpha value is -0.970. The summed E-state index contributed by atoms with van der Waals surface area (Å²) in [5.74, 6) is 0.739. The van der Waals surface area contributed by atoms with Gasteiger partial charge in [0.1, 0.15) is 10.8 Å². The number of nitrogens with zero attached hydrogens (tertiary/aromatic N) is 2. The molecule has 5 heteroatoms. The minimum absolute atomic E-state index is 0.244. The number of rotatable bonds is 2. The van der Waals surface area contributed by atoms with E-state index in [1.165, 1.54) is 11.8 Å². The fourth-order valence-corrected chi connectivity index (χ4v) is 1.68. The van der Waals surface area contributed by atoms with E-state index in [0.717, 1.165) is 17.0 Å². The van der Waals surface area contributed by atoms with Crippen LogP contribution >= 0.6 is 11.8 Å². The van der Waals surface area contributed by atoms with Crippen molar-refractivity contribution in [2.45, 2.75) is 18.4 Å². The fourth-order valence-electron chi connectivity index (χ4n) is 0.998. The quantitative estimate of drug-likeness (QED) is 0.528. The van der Waals surface area contributed by atoms with Gasteiger partial charge in [0, 0.05) is 5.56 Å². The topological polar surface area (TPSA) is 77.8 Å². The second kappa shape index (κ2) is 3.62. The van der Waals surface area contributed by atoms with E-state index in [1.807, 2.05) is 13.2 Å². The lowest BCUT2D eigenvalue weighted by molar-refractivity contribution is 0.966. The van der Waals surface area contributed by atoms with Crippen molar-refractivity contribution < 1.29 is 0 Å². The van der Waals surface area contributed by atoms with Crippen molar-refractivity contribution in [1.82, 2.24) is 9.97 Å². The van der Waals surface area contributed by atoms with Gasteiger partial charge in [0.25, 0.3) is 0 Å². The number of nitrogen functional groups attached to an aromatic ring is 2. The van der Waals surface area contributed by atoms with E-state index < -0.39 is 0 Å². The molecule has 1 heterocycles. The summed E-state index contributed by atoms with van der Waals surface area (Å²) in [5, 5.41) is 0.877. The molecule has 1 rings (SSSR count). The van der Waals surface area contributed by atoms with Gasteiger partial charge in [0.2, 0.25) is 5.95 Å². The first-order valence-corrected chi connectivity index (χ1v) is 4.87. The SMILES string of the molecule is CCc1c(N)nc(N)nc1SC. The van der Waals surface area contributed by atoms with E-state index in [1.54, 1.807) is 0 Å². The molecule has 0 saturated carbocycles. The van der Waals surface area contributed by atoms with Crippen molar-refractivity contribution in [3.8, 4) is 0 Å². The van der Waals surface area contributed by atoms with Crippen LogP contribution in [-0.4, -0.2) is 16.2 Å². The molecule has 0 radical (unpaired) electrons. The number of aromatic nitrogens is 2. The number of hydrogen-bond donors (Lipinski definition) is 2. The van der Waals surface area contributed by atoms with Gasteiger partial charge in [-0.1, -0.05) is 6.92 Å². The van der Waals surface area contributed by atoms with E-state index in [9.17, 15) is 0 Å². The molecule has 4 N–H and O–H groups in total. The van der Waals surface area contributed by atoms with Crippen LogP contribution in [0.4, 0.5) is 11.8 Å². The first-order chi connectivity index (χ1) is 5.69. The standard InChI is InChI=1S/C7H12N4S/c1-3-4-5(8)10-7(9)11-6(4)12-2/h3H2,1-2H3,(H4,8,9,10,11). The number of thioether (sulfide) groups is 1. The van der Waals surface area contributed by atoms with Gasteiger partial charge in [-0.15, -0.1) is 11.8 Å². The van der Waals surface area contributed by atoms with Gasteiger partial charge in [-0.2, -0.15) is 4.98 Å². The highest BCUT2D eigenvalue weighted by atomic mass is 32.2. The van der Waals surface area contributed by atoms with Crippen molar-refractivity contribution in [3.05, 3.63) is 5.56 Å². The molecular formula is C7H12N4S. The lowest BCUT2D eigenvalue weighted by atomic mass is 10.2. The highest BCUT2D eigenvalue weighted by Crippen LogP contribution is 2.22. The molecule has 0 amide bonds. The maximum atomic E-state index is 5.66. The first-order valence-electron chi connectivity index (χ1n) is 3.64. The van der Waals surface area contributed by atoms with Crippen LogP contribution in [0.15, 0.2) is 5.03 Å². The molecule has 0 fully saturated rings. The summed E-state index contributed by atoms with van der Waals surface area (Å²) >= 11 is 1.54. The Morgan fingerprint density at radius 1 is 1.33 bits per heavy atom. The maximum absolute atomic E-state index is 5.66. The Morgan fingerprint density at radius 2 is 2.00 bits per heavy atom. The Labute approximate surface area is 75.8 Å². The molecule has 4 nitrogen and oxygen atoms in total. The minimum atomic E-state index is 0.244. The van der Waals surface area contributed by atoms with Crippen molar-refractivity contribution in [1.29, 1.82) is 0 Å². The third-order valence-electron chi connectivity index (χ3n) is 1.57. The highest BCUT2D eigenvalue weighted by Gasteiger charge is 2.07. The zero-order valence-corrected chi connectivity index (χ0v) is 7.98. The number of hydrogen-bond acceptors (Lipinski definition) is 5. The van der Waals surface area contributed by atoms with Crippen LogP contribution in [0.1, 0.15) is 12.5 Å². The lowest BCUT2D eigenvalue weighted by Gasteiger charge is -2.06. The zero-order valence-electron chi connectivity index (χ0n) is 7.16. The summed E-state index contributed by atoms with van der Waals surface area (Å²) in [6.07, 6.45) is 2.78. The average molecular weight is 184 g/mol. The van der Waals surface area contributed by atoms with E-state index in [2.05, 4.69) is 9.97 Å². The Kier molecular flexibility index (Phi) is 2.75. The van der Waals surface area contributed by atoms with Crippen LogP contribution in [0, 0.1) is 0 Å². The summed E-state index contributed by atoms with van der Waals surface area (Å²) < 4.78 is 0.